The van der Waals surface area contributed by atoms with Crippen molar-refractivity contribution in [2.24, 2.45) is 5.92 Å². The van der Waals surface area contributed by atoms with Crippen molar-refractivity contribution in [3.8, 4) is 5.75 Å². The van der Waals surface area contributed by atoms with Crippen molar-refractivity contribution >= 4 is 11.6 Å². The van der Waals surface area contributed by atoms with E-state index in [9.17, 15) is 4.79 Å². The lowest BCUT2D eigenvalue weighted by atomic mass is 9.88. The fraction of sp³-hybridized carbons (Fsp3) is 0.500. The Hall–Kier alpha value is -1.55. The van der Waals surface area contributed by atoms with Crippen LogP contribution in [0.1, 0.15) is 19.3 Å². The van der Waals surface area contributed by atoms with Crippen LogP contribution in [0.15, 0.2) is 24.3 Å². The fourth-order valence-electron chi connectivity index (χ4n) is 3.02. The van der Waals surface area contributed by atoms with Crippen molar-refractivity contribution in [2.75, 3.05) is 12.4 Å². The van der Waals surface area contributed by atoms with Gasteiger partial charge in [0.15, 0.2) is 0 Å². The maximum atomic E-state index is 12.2. The van der Waals surface area contributed by atoms with E-state index in [4.69, 9.17) is 4.74 Å². The van der Waals surface area contributed by atoms with Crippen molar-refractivity contribution in [3.05, 3.63) is 24.3 Å². The Kier molecular flexibility index (Phi) is 2.96. The molecular weight excluding hydrogens is 228 g/mol. The zero-order valence-corrected chi connectivity index (χ0v) is 10.5. The van der Waals surface area contributed by atoms with Crippen LogP contribution >= 0.6 is 0 Å². The lowest BCUT2D eigenvalue weighted by molar-refractivity contribution is -0.120. The van der Waals surface area contributed by atoms with Crippen LogP contribution in [0.2, 0.25) is 0 Å². The smallest absolute Gasteiger partial charge is 0.229 e. The highest BCUT2D eigenvalue weighted by Gasteiger charge is 2.42. The van der Waals surface area contributed by atoms with E-state index in [-0.39, 0.29) is 11.8 Å². The number of amides is 1. The van der Waals surface area contributed by atoms with Gasteiger partial charge < -0.3 is 15.4 Å². The molecule has 4 heteroatoms. The Bertz CT molecular complexity index is 444. The first-order chi connectivity index (χ1) is 8.76. The average Bonchev–Trinajstić information content (AvgIpc) is 3.02. The number of carbonyl (C=O) groups is 1. The molecule has 3 rings (SSSR count). The first-order valence-electron chi connectivity index (χ1n) is 6.47. The van der Waals surface area contributed by atoms with Crippen LogP contribution in [0.4, 0.5) is 5.69 Å². The fourth-order valence-corrected chi connectivity index (χ4v) is 3.02. The Morgan fingerprint density at radius 3 is 2.67 bits per heavy atom. The summed E-state index contributed by atoms with van der Waals surface area (Å²) in [4.78, 5) is 12.2. The third kappa shape index (κ3) is 2.08. The highest BCUT2D eigenvalue weighted by atomic mass is 16.5. The Balaban J connectivity index is 1.63. The molecule has 0 aliphatic carbocycles. The highest BCUT2D eigenvalue weighted by Crippen LogP contribution is 2.33. The molecular formula is C14H18N2O2. The predicted octanol–water partition coefficient (Wildman–Crippen LogP) is 1.77. The summed E-state index contributed by atoms with van der Waals surface area (Å²) >= 11 is 0. The van der Waals surface area contributed by atoms with Crippen molar-refractivity contribution in [3.63, 3.8) is 0 Å². The van der Waals surface area contributed by atoms with Crippen LogP contribution in [0.25, 0.3) is 0 Å². The minimum Gasteiger partial charge on any atom is -0.497 e. The summed E-state index contributed by atoms with van der Waals surface area (Å²) in [7, 11) is 1.63. The maximum absolute atomic E-state index is 12.2. The van der Waals surface area contributed by atoms with E-state index >= 15 is 0 Å². The third-order valence-electron chi connectivity index (χ3n) is 3.99. The Labute approximate surface area is 107 Å². The highest BCUT2D eigenvalue weighted by molar-refractivity contribution is 5.93. The monoisotopic (exact) mass is 246 g/mol. The van der Waals surface area contributed by atoms with Crippen LogP contribution in [-0.2, 0) is 4.79 Å². The van der Waals surface area contributed by atoms with Gasteiger partial charge in [-0.25, -0.2) is 0 Å². The largest absolute Gasteiger partial charge is 0.497 e. The summed E-state index contributed by atoms with van der Waals surface area (Å²) in [5.74, 6) is 1.07. The molecule has 3 atom stereocenters. The van der Waals surface area contributed by atoms with Gasteiger partial charge in [-0.1, -0.05) is 0 Å². The van der Waals surface area contributed by atoms with Crippen LogP contribution in [0.3, 0.4) is 0 Å². The number of methoxy groups -OCH3 is 1. The van der Waals surface area contributed by atoms with Crippen LogP contribution in [0.5, 0.6) is 5.75 Å². The van der Waals surface area contributed by atoms with E-state index in [1.54, 1.807) is 7.11 Å². The van der Waals surface area contributed by atoms with Gasteiger partial charge in [-0.15, -0.1) is 0 Å². The second-order valence-corrected chi connectivity index (χ2v) is 5.11. The molecule has 0 radical (unpaired) electrons. The number of benzene rings is 1. The molecule has 2 bridgehead atoms. The molecule has 2 N–H and O–H groups in total. The first-order valence-corrected chi connectivity index (χ1v) is 6.47. The zero-order valence-electron chi connectivity index (χ0n) is 10.5. The van der Waals surface area contributed by atoms with Crippen LogP contribution in [0, 0.1) is 5.92 Å². The number of carbonyl (C=O) groups excluding carboxylic acids is 1. The summed E-state index contributed by atoms with van der Waals surface area (Å²) in [6, 6.07) is 8.40. The first kappa shape index (κ1) is 11.5. The van der Waals surface area contributed by atoms with Crippen molar-refractivity contribution in [1.29, 1.82) is 0 Å². The maximum Gasteiger partial charge on any atom is 0.229 e. The van der Waals surface area contributed by atoms with Crippen LogP contribution in [-0.4, -0.2) is 25.1 Å². The number of rotatable bonds is 3. The molecule has 1 aromatic rings. The van der Waals surface area contributed by atoms with E-state index in [0.29, 0.717) is 12.1 Å². The second-order valence-electron chi connectivity index (χ2n) is 5.11. The molecule has 2 saturated heterocycles. The summed E-state index contributed by atoms with van der Waals surface area (Å²) in [5, 5.41) is 6.47. The normalized spacial score (nSPS) is 29.3. The molecule has 1 aromatic carbocycles. The van der Waals surface area contributed by atoms with Gasteiger partial charge in [0.2, 0.25) is 5.91 Å². The number of fused-ring (bicyclic) bond motifs is 2. The van der Waals surface area contributed by atoms with Gasteiger partial charge in [0.05, 0.1) is 13.0 Å². The third-order valence-corrected chi connectivity index (χ3v) is 3.99. The Morgan fingerprint density at radius 1 is 1.33 bits per heavy atom. The minimum atomic E-state index is 0.130. The quantitative estimate of drug-likeness (QED) is 0.854. The summed E-state index contributed by atoms with van der Waals surface area (Å²) in [6.45, 7) is 0. The van der Waals surface area contributed by atoms with Gasteiger partial charge in [0.1, 0.15) is 5.75 Å². The Morgan fingerprint density at radius 2 is 2.11 bits per heavy atom. The van der Waals surface area contributed by atoms with Gasteiger partial charge in [-0.05, 0) is 43.5 Å². The second kappa shape index (κ2) is 4.61. The number of hydrogen-bond donors (Lipinski definition) is 2. The molecule has 0 spiro atoms. The molecule has 4 nitrogen and oxygen atoms in total. The zero-order chi connectivity index (χ0) is 12.5. The van der Waals surface area contributed by atoms with Crippen LogP contribution < -0.4 is 15.4 Å². The molecule has 0 saturated carbocycles. The van der Waals surface area contributed by atoms with Crippen molar-refractivity contribution < 1.29 is 9.53 Å². The van der Waals surface area contributed by atoms with Gasteiger partial charge in [-0.3, -0.25) is 4.79 Å². The van der Waals surface area contributed by atoms with Gasteiger partial charge in [-0.2, -0.15) is 0 Å². The SMILES string of the molecule is COc1ccc(NC(=O)C2CC3CCC2N3)cc1. The lowest BCUT2D eigenvalue weighted by Gasteiger charge is -2.19. The molecule has 18 heavy (non-hydrogen) atoms. The van der Waals surface area contributed by atoms with Crippen molar-refractivity contribution in [2.45, 2.75) is 31.3 Å². The van der Waals surface area contributed by atoms with Crippen molar-refractivity contribution in [1.82, 2.24) is 5.32 Å². The standard InChI is InChI=1S/C14H18N2O2/c1-18-11-5-2-9(3-6-11)16-14(17)12-8-10-4-7-13(12)15-10/h2-3,5-6,10,12-13,15H,4,7-8H2,1H3,(H,16,17). The van der Waals surface area contributed by atoms with E-state index in [0.717, 1.165) is 24.3 Å². The molecule has 2 fully saturated rings. The predicted molar refractivity (Wildman–Crippen MR) is 69.7 cm³/mol. The van der Waals surface area contributed by atoms with E-state index in [2.05, 4.69) is 10.6 Å². The van der Waals surface area contributed by atoms with Gasteiger partial charge in [0, 0.05) is 17.8 Å². The number of ether oxygens (including phenoxy) is 1. The summed E-state index contributed by atoms with van der Waals surface area (Å²) in [6.07, 6.45) is 3.33. The molecule has 96 valence electrons. The van der Waals surface area contributed by atoms with E-state index in [1.807, 2.05) is 24.3 Å². The van der Waals surface area contributed by atoms with E-state index in [1.165, 1.54) is 6.42 Å². The molecule has 0 aromatic heterocycles. The summed E-state index contributed by atoms with van der Waals surface area (Å²) in [5.41, 5.74) is 0.837. The van der Waals surface area contributed by atoms with Gasteiger partial charge >= 0.3 is 0 Å². The summed E-state index contributed by atoms with van der Waals surface area (Å²) < 4.78 is 5.09. The topological polar surface area (TPSA) is 50.4 Å². The number of nitrogens with one attached hydrogen (secondary N) is 2. The molecule has 3 unspecified atom stereocenters. The molecule has 2 heterocycles. The van der Waals surface area contributed by atoms with Gasteiger partial charge in [0.25, 0.3) is 0 Å². The average molecular weight is 246 g/mol. The molecule has 2 aliphatic heterocycles. The minimum absolute atomic E-state index is 0.130. The molecule has 1 amide bonds. The van der Waals surface area contributed by atoms with E-state index < -0.39 is 0 Å². The number of hydrogen-bond acceptors (Lipinski definition) is 3. The molecule has 2 aliphatic rings. The number of anilines is 1. The lowest BCUT2D eigenvalue weighted by Crippen LogP contribution is -2.32.